The fourth-order valence-electron chi connectivity index (χ4n) is 17.3. The van der Waals surface area contributed by atoms with Crippen LogP contribution in [0.1, 0.15) is 78.5 Å². The number of hydrogen-bond acceptors (Lipinski definition) is 20. The minimum Gasteiger partial charge on any atom is -0.493 e. The molecular weight excluding hydrogens is 1590 g/mol. The number of benzene rings is 11. The van der Waals surface area contributed by atoms with Crippen molar-refractivity contribution in [3.8, 4) is 124 Å². The van der Waals surface area contributed by atoms with E-state index in [4.69, 9.17) is 57.3 Å². The lowest BCUT2D eigenvalue weighted by atomic mass is 9.90. The molecule has 5 N–H and O–H groups in total. The number of aromatic nitrogens is 5. The Morgan fingerprint density at radius 2 is 0.559 bits per heavy atom. The van der Waals surface area contributed by atoms with Gasteiger partial charge in [-0.1, -0.05) is 198 Å². The minimum absolute atomic E-state index is 0.453. The Balaban J connectivity index is 0.000000112. The number of ether oxygens (including phenoxy) is 10. The van der Waals surface area contributed by atoms with E-state index in [1.807, 2.05) is 159 Å². The standard InChI is InChI=1S/C25H20N2O2.2C22H22N2O2.2C19H16N2O2/c1-28-24-20(17-11-7-4-8-12-17)18-13-14-26-22-19(16-9-5-3-6-10-16)15-27-23(21(18)22)25(24)29-2;1-13(2)14-6-5-7-15(12-14)18-16-8-10-23-17-9-11-24-20(19(16)17)22(26-4)21(18)25-3;1-13(2)14-6-5-7-15(10-14)17-12-24-21-19-16(8-9-23-20(17)19)11-18(25-3)22(21)26-4;1-22-18-15(12-6-4-3-5-7-12)13-8-10-20-14-9-11-21-17(16(13)14)19(18)23-2;1-22-15-10-13-8-9-20-17-14(12-6-4-3-5-7-12)11-21-18(16(13)17)19(15)23-2/h3-15,26H,1-2H3;2*5-13,23H,1-4H3;2*3-11,20H,1-2H3. The smallest absolute Gasteiger partial charge is 0.187 e. The summed E-state index contributed by atoms with van der Waals surface area (Å²) >= 11 is 0. The second-order valence-corrected chi connectivity index (χ2v) is 30.9. The van der Waals surface area contributed by atoms with E-state index in [-0.39, 0.29) is 0 Å². The maximum atomic E-state index is 5.83. The molecule has 5 aliphatic rings. The molecule has 20 nitrogen and oxygen atoms in total. The van der Waals surface area contributed by atoms with Gasteiger partial charge in [-0.15, -0.1) is 0 Å². The number of anilines is 5. The largest absolute Gasteiger partial charge is 0.493 e. The molecule has 0 saturated heterocycles. The molecule has 0 unspecified atom stereocenters. The highest BCUT2D eigenvalue weighted by molar-refractivity contribution is 6.16. The number of rotatable bonds is 18. The molecule has 127 heavy (non-hydrogen) atoms. The van der Waals surface area contributed by atoms with Crippen molar-refractivity contribution in [1.82, 2.24) is 24.9 Å². The Kier molecular flexibility index (Phi) is 24.1. The maximum absolute atomic E-state index is 5.83. The Labute approximate surface area is 737 Å². The van der Waals surface area contributed by atoms with E-state index < -0.39 is 0 Å². The van der Waals surface area contributed by atoms with E-state index in [0.717, 1.165) is 178 Å². The molecule has 0 atom stereocenters. The summed E-state index contributed by atoms with van der Waals surface area (Å²) in [7, 11) is 16.6. The number of pyridine rings is 5. The van der Waals surface area contributed by atoms with E-state index in [2.05, 4.69) is 185 Å². The highest BCUT2D eigenvalue weighted by Crippen LogP contribution is 2.55. The summed E-state index contributed by atoms with van der Waals surface area (Å²) in [6.45, 7) is 8.82. The molecule has 0 amide bonds. The van der Waals surface area contributed by atoms with E-state index >= 15 is 0 Å². The van der Waals surface area contributed by atoms with Gasteiger partial charge in [0.1, 0.15) is 27.6 Å². The summed E-state index contributed by atoms with van der Waals surface area (Å²) in [5.74, 6) is 7.70. The first kappa shape index (κ1) is 83.4. The van der Waals surface area contributed by atoms with Gasteiger partial charge in [-0.25, -0.2) is 0 Å². The van der Waals surface area contributed by atoms with Crippen LogP contribution < -0.4 is 74.0 Å². The summed E-state index contributed by atoms with van der Waals surface area (Å²) in [4.78, 5) is 23.3. The van der Waals surface area contributed by atoms with Crippen molar-refractivity contribution < 1.29 is 47.4 Å². The second kappa shape index (κ2) is 36.7. The molecule has 0 aliphatic carbocycles. The van der Waals surface area contributed by atoms with Crippen LogP contribution >= 0.6 is 0 Å². The van der Waals surface area contributed by atoms with E-state index in [9.17, 15) is 0 Å². The maximum Gasteiger partial charge on any atom is 0.187 e. The lowest BCUT2D eigenvalue weighted by Gasteiger charge is -2.24. The lowest BCUT2D eigenvalue weighted by molar-refractivity contribution is 0.358. The van der Waals surface area contributed by atoms with Crippen molar-refractivity contribution in [3.63, 3.8) is 0 Å². The molecule has 21 rings (SSSR count). The lowest BCUT2D eigenvalue weighted by Crippen LogP contribution is -2.05. The molecule has 11 aromatic carbocycles. The van der Waals surface area contributed by atoms with Gasteiger partial charge < -0.3 is 74.0 Å². The minimum atomic E-state index is 0.453. The first-order valence-corrected chi connectivity index (χ1v) is 41.8. The molecule has 0 fully saturated rings. The molecular formula is C107H96N10O10. The molecule has 634 valence electrons. The van der Waals surface area contributed by atoms with Crippen LogP contribution in [-0.2, 0) is 0 Å². The van der Waals surface area contributed by atoms with E-state index in [1.54, 1.807) is 83.5 Å². The van der Waals surface area contributed by atoms with Crippen molar-refractivity contribution in [2.24, 2.45) is 0 Å². The highest BCUT2D eigenvalue weighted by atomic mass is 16.5. The molecule has 0 bridgehead atoms. The third-order valence-electron chi connectivity index (χ3n) is 23.2. The normalized spacial score (nSPS) is 12.2. The Morgan fingerprint density at radius 1 is 0.252 bits per heavy atom. The van der Waals surface area contributed by atoms with Gasteiger partial charge in [-0.05, 0) is 139 Å². The van der Waals surface area contributed by atoms with Crippen LogP contribution in [0, 0.1) is 0 Å². The van der Waals surface area contributed by atoms with Crippen LogP contribution in [0.2, 0.25) is 0 Å². The molecule has 16 aromatic rings. The third-order valence-corrected chi connectivity index (χ3v) is 23.2. The van der Waals surface area contributed by atoms with E-state index in [0.29, 0.717) is 69.3 Å². The zero-order chi connectivity index (χ0) is 87.9. The van der Waals surface area contributed by atoms with Gasteiger partial charge in [0, 0.05) is 134 Å². The van der Waals surface area contributed by atoms with Crippen molar-refractivity contribution in [3.05, 3.63) is 295 Å². The van der Waals surface area contributed by atoms with Crippen molar-refractivity contribution in [1.29, 1.82) is 0 Å². The Bertz CT molecular complexity index is 7060. The summed E-state index contributed by atoms with van der Waals surface area (Å²) in [5.41, 5.74) is 30.1. The fraction of sp³-hybridized carbons (Fsp3) is 0.150. The molecule has 0 saturated carbocycles. The first-order valence-electron chi connectivity index (χ1n) is 41.8. The zero-order valence-electron chi connectivity index (χ0n) is 73.1. The van der Waals surface area contributed by atoms with Crippen molar-refractivity contribution in [2.45, 2.75) is 39.5 Å². The Hall–Kier alpha value is -15.8. The SMILES string of the molecule is COc1c(-c2cccc(C(C)C)c2)c2c3c(ccnc3c1OC)NC=C2.COc1c(-c2ccccc2)c2c3c(c(-c4ccccc4)cnc3c1OC)NC=C2.COc1c(-c2ccccc2)c2c3c(ccnc3c1OC)NC=C2.COc1cc2c3c(c(-c4cccc(C(C)C)c4)cnc3c1OC)NC=C2.COc1cc2c3c(c(-c4ccccc4)cnc3c1OC)NC=C2. The van der Waals surface area contributed by atoms with E-state index in [1.165, 1.54) is 11.1 Å². The third kappa shape index (κ3) is 15.4. The molecule has 5 aliphatic heterocycles. The molecule has 10 heterocycles. The summed E-state index contributed by atoms with van der Waals surface area (Å²) in [6.07, 6.45) is 29.3. The quantitative estimate of drug-likeness (QED) is 0.0540. The Morgan fingerprint density at radius 3 is 0.937 bits per heavy atom. The molecule has 0 radical (unpaired) electrons. The van der Waals surface area contributed by atoms with Gasteiger partial charge in [0.15, 0.2) is 57.5 Å². The van der Waals surface area contributed by atoms with Crippen molar-refractivity contribution >= 4 is 113 Å². The van der Waals surface area contributed by atoms with Crippen molar-refractivity contribution in [2.75, 3.05) is 97.7 Å². The highest BCUT2D eigenvalue weighted by Gasteiger charge is 2.31. The van der Waals surface area contributed by atoms with Crippen LogP contribution in [0.15, 0.2) is 256 Å². The van der Waals surface area contributed by atoms with Gasteiger partial charge in [0.05, 0.1) is 88.2 Å². The molecule has 0 spiro atoms. The number of nitrogens with zero attached hydrogens (tertiary/aromatic N) is 5. The first-order chi connectivity index (χ1) is 62.3. The molecule has 5 aromatic heterocycles. The number of hydrogen-bond donors (Lipinski definition) is 5. The average Bonchev–Trinajstić information content (AvgIpc) is 0.736. The van der Waals surface area contributed by atoms with Gasteiger partial charge in [-0.3, -0.25) is 24.9 Å². The van der Waals surface area contributed by atoms with Gasteiger partial charge in [-0.2, -0.15) is 0 Å². The summed E-state index contributed by atoms with van der Waals surface area (Å²) in [6, 6.07) is 66.2. The van der Waals surface area contributed by atoms with Crippen LogP contribution in [0.25, 0.3) is 152 Å². The zero-order valence-corrected chi connectivity index (χ0v) is 73.1. The second-order valence-electron chi connectivity index (χ2n) is 30.9. The number of nitrogens with one attached hydrogen (secondary N) is 5. The summed E-state index contributed by atoms with van der Waals surface area (Å²) < 4.78 is 56.6. The monoisotopic (exact) mass is 1680 g/mol. The van der Waals surface area contributed by atoms with Gasteiger partial charge in [0.2, 0.25) is 0 Å². The van der Waals surface area contributed by atoms with Crippen LogP contribution in [0.5, 0.6) is 57.5 Å². The fourth-order valence-corrected chi connectivity index (χ4v) is 17.3. The van der Waals surface area contributed by atoms with Crippen LogP contribution in [0.3, 0.4) is 0 Å². The van der Waals surface area contributed by atoms with Gasteiger partial charge >= 0.3 is 0 Å². The average molecular weight is 1680 g/mol. The molecule has 20 heteroatoms. The predicted molar refractivity (Wildman–Crippen MR) is 518 cm³/mol. The predicted octanol–water partition coefficient (Wildman–Crippen LogP) is 25.5. The van der Waals surface area contributed by atoms with Crippen LogP contribution in [-0.4, -0.2) is 96.0 Å². The summed E-state index contributed by atoms with van der Waals surface area (Å²) in [5, 5.41) is 22.0. The van der Waals surface area contributed by atoms with Crippen LogP contribution in [0.4, 0.5) is 28.4 Å². The van der Waals surface area contributed by atoms with Gasteiger partial charge in [0.25, 0.3) is 0 Å². The topological polar surface area (TPSA) is 217 Å². The number of methoxy groups -OCH3 is 10.